The normalized spacial score (nSPS) is 11.7. The van der Waals surface area contributed by atoms with E-state index in [2.05, 4.69) is 24.1 Å². The highest BCUT2D eigenvalue weighted by molar-refractivity contribution is 7.90. The summed E-state index contributed by atoms with van der Waals surface area (Å²) < 4.78 is 24.2. The Kier molecular flexibility index (Phi) is 8.26. The second-order valence-electron chi connectivity index (χ2n) is 5.70. The lowest BCUT2D eigenvalue weighted by Gasteiger charge is -2.17. The molecule has 0 unspecified atom stereocenters. The minimum Gasteiger partial charge on any atom is -0.355 e. The van der Waals surface area contributed by atoms with Gasteiger partial charge in [0.05, 0.1) is 11.5 Å². The van der Waals surface area contributed by atoms with Gasteiger partial charge in [-0.3, -0.25) is 4.79 Å². The molecule has 1 rings (SSSR count). The fourth-order valence-corrected chi connectivity index (χ4v) is 3.58. The first kappa shape index (κ1) is 19.6. The quantitative estimate of drug-likeness (QED) is 0.705. The van der Waals surface area contributed by atoms with Gasteiger partial charge < -0.3 is 10.2 Å². The van der Waals surface area contributed by atoms with Crippen LogP contribution in [0.5, 0.6) is 0 Å². The molecule has 0 spiro atoms. The van der Waals surface area contributed by atoms with Crippen LogP contribution in [0.1, 0.15) is 31.4 Å². The largest absolute Gasteiger partial charge is 0.355 e. The van der Waals surface area contributed by atoms with Gasteiger partial charge in [-0.25, -0.2) is 8.42 Å². The molecule has 5 nitrogen and oxygen atoms in total. The molecule has 1 N–H and O–H groups in total. The number of likely N-dealkylation sites (N-methyl/N-ethyl adjacent to an activating group) is 1. The average Bonchev–Trinajstić information content (AvgIpc) is 2.52. The van der Waals surface area contributed by atoms with E-state index in [-0.39, 0.29) is 23.8 Å². The number of aryl methyl sites for hydroxylation is 1. The van der Waals surface area contributed by atoms with Gasteiger partial charge in [0.2, 0.25) is 5.91 Å². The SMILES string of the molecule is CCN(CC)CCNC(=O)CCS(=O)(=O)Cc1ccc(C)cc1. The molecule has 0 aliphatic carbocycles. The maximum absolute atomic E-state index is 12.1. The molecule has 0 fully saturated rings. The lowest BCUT2D eigenvalue weighted by Crippen LogP contribution is -2.35. The van der Waals surface area contributed by atoms with E-state index in [0.29, 0.717) is 6.54 Å². The topological polar surface area (TPSA) is 66.5 Å². The molecule has 1 aromatic rings. The van der Waals surface area contributed by atoms with Crippen molar-refractivity contribution in [3.05, 3.63) is 35.4 Å². The third-order valence-corrected chi connectivity index (χ3v) is 5.39. The molecule has 1 amide bonds. The number of carbonyl (C=O) groups is 1. The van der Waals surface area contributed by atoms with Crippen molar-refractivity contribution in [3.63, 3.8) is 0 Å². The Morgan fingerprint density at radius 2 is 1.74 bits per heavy atom. The number of nitrogens with zero attached hydrogens (tertiary/aromatic N) is 1. The number of sulfone groups is 1. The van der Waals surface area contributed by atoms with Crippen LogP contribution in [0.4, 0.5) is 0 Å². The molecule has 0 radical (unpaired) electrons. The first-order chi connectivity index (χ1) is 10.9. The molecule has 6 heteroatoms. The van der Waals surface area contributed by atoms with E-state index >= 15 is 0 Å². The minimum atomic E-state index is -3.26. The van der Waals surface area contributed by atoms with Crippen molar-refractivity contribution in [2.45, 2.75) is 32.9 Å². The molecule has 0 saturated carbocycles. The Morgan fingerprint density at radius 1 is 1.13 bits per heavy atom. The van der Waals surface area contributed by atoms with Crippen molar-refractivity contribution in [1.82, 2.24) is 10.2 Å². The van der Waals surface area contributed by atoms with Gasteiger partial charge in [-0.2, -0.15) is 0 Å². The second-order valence-corrected chi connectivity index (χ2v) is 7.89. The summed E-state index contributed by atoms with van der Waals surface area (Å²) in [6, 6.07) is 7.42. The van der Waals surface area contributed by atoms with Gasteiger partial charge in [0, 0.05) is 19.5 Å². The van der Waals surface area contributed by atoms with Gasteiger partial charge in [0.25, 0.3) is 0 Å². The maximum Gasteiger partial charge on any atom is 0.221 e. The summed E-state index contributed by atoms with van der Waals surface area (Å²) in [6.07, 6.45) is 0.0203. The van der Waals surface area contributed by atoms with Crippen LogP contribution in [-0.2, 0) is 20.4 Å². The number of benzene rings is 1. The third kappa shape index (κ3) is 8.13. The van der Waals surface area contributed by atoms with E-state index in [4.69, 9.17) is 0 Å². The van der Waals surface area contributed by atoms with Crippen LogP contribution in [0.3, 0.4) is 0 Å². The van der Waals surface area contributed by atoms with Crippen molar-refractivity contribution in [2.24, 2.45) is 0 Å². The minimum absolute atomic E-state index is 0.0139. The van der Waals surface area contributed by atoms with Gasteiger partial charge in [0.1, 0.15) is 0 Å². The van der Waals surface area contributed by atoms with Crippen LogP contribution in [-0.4, -0.2) is 51.2 Å². The Hall–Kier alpha value is -1.40. The number of hydrogen-bond acceptors (Lipinski definition) is 4. The molecule has 0 saturated heterocycles. The van der Waals surface area contributed by atoms with Crippen LogP contribution in [0.2, 0.25) is 0 Å². The predicted octanol–water partition coefficient (Wildman–Crippen LogP) is 1.76. The summed E-state index contributed by atoms with van der Waals surface area (Å²) in [6.45, 7) is 9.33. The van der Waals surface area contributed by atoms with E-state index in [9.17, 15) is 13.2 Å². The zero-order valence-electron chi connectivity index (χ0n) is 14.3. The van der Waals surface area contributed by atoms with Crippen LogP contribution >= 0.6 is 0 Å². The Bertz CT molecular complexity index is 578. The maximum atomic E-state index is 12.1. The monoisotopic (exact) mass is 340 g/mol. The van der Waals surface area contributed by atoms with E-state index < -0.39 is 9.84 Å². The number of hydrogen-bond donors (Lipinski definition) is 1. The van der Waals surface area contributed by atoms with Gasteiger partial charge in [0.15, 0.2) is 9.84 Å². The second kappa shape index (κ2) is 9.67. The fraction of sp³-hybridized carbons (Fsp3) is 0.588. The Morgan fingerprint density at radius 3 is 2.30 bits per heavy atom. The number of carbonyl (C=O) groups excluding carboxylic acids is 1. The Balaban J connectivity index is 2.34. The lowest BCUT2D eigenvalue weighted by atomic mass is 10.2. The van der Waals surface area contributed by atoms with Crippen LogP contribution in [0.15, 0.2) is 24.3 Å². The summed E-state index contributed by atoms with van der Waals surface area (Å²) >= 11 is 0. The summed E-state index contributed by atoms with van der Waals surface area (Å²) in [4.78, 5) is 14.0. The summed E-state index contributed by atoms with van der Waals surface area (Å²) in [7, 11) is -3.26. The highest BCUT2D eigenvalue weighted by Crippen LogP contribution is 2.09. The molecular formula is C17H28N2O3S. The van der Waals surface area contributed by atoms with E-state index in [1.165, 1.54) is 0 Å². The standard InChI is InChI=1S/C17H28N2O3S/c1-4-19(5-2)12-11-18-17(20)10-13-23(21,22)14-16-8-6-15(3)7-9-16/h6-9H,4-5,10-14H2,1-3H3,(H,18,20). The molecule has 23 heavy (non-hydrogen) atoms. The highest BCUT2D eigenvalue weighted by atomic mass is 32.2. The van der Waals surface area contributed by atoms with Crippen molar-refractivity contribution >= 4 is 15.7 Å². The van der Waals surface area contributed by atoms with Crippen molar-refractivity contribution in [2.75, 3.05) is 31.9 Å². The van der Waals surface area contributed by atoms with Crippen molar-refractivity contribution < 1.29 is 13.2 Å². The molecular weight excluding hydrogens is 312 g/mol. The smallest absolute Gasteiger partial charge is 0.221 e. The summed E-state index contributed by atoms with van der Waals surface area (Å²) in [5, 5.41) is 2.78. The van der Waals surface area contributed by atoms with Crippen LogP contribution in [0, 0.1) is 6.92 Å². The molecule has 0 bridgehead atoms. The number of amides is 1. The molecule has 0 aliphatic heterocycles. The number of rotatable bonds is 10. The van der Waals surface area contributed by atoms with Gasteiger partial charge in [-0.1, -0.05) is 43.7 Å². The number of nitrogens with one attached hydrogen (secondary N) is 1. The van der Waals surface area contributed by atoms with Crippen molar-refractivity contribution in [1.29, 1.82) is 0 Å². The van der Waals surface area contributed by atoms with Crippen LogP contribution < -0.4 is 5.32 Å². The molecule has 1 aromatic carbocycles. The average molecular weight is 340 g/mol. The Labute approximate surface area is 140 Å². The third-order valence-electron chi connectivity index (χ3n) is 3.79. The highest BCUT2D eigenvalue weighted by Gasteiger charge is 2.14. The van der Waals surface area contributed by atoms with Crippen LogP contribution in [0.25, 0.3) is 0 Å². The fourth-order valence-electron chi connectivity index (χ4n) is 2.24. The lowest BCUT2D eigenvalue weighted by molar-refractivity contribution is -0.120. The first-order valence-electron chi connectivity index (χ1n) is 8.11. The van der Waals surface area contributed by atoms with Gasteiger partial charge >= 0.3 is 0 Å². The molecule has 130 valence electrons. The van der Waals surface area contributed by atoms with E-state index in [1.807, 2.05) is 31.2 Å². The van der Waals surface area contributed by atoms with Gasteiger partial charge in [-0.15, -0.1) is 0 Å². The van der Waals surface area contributed by atoms with Crippen molar-refractivity contribution in [3.8, 4) is 0 Å². The molecule has 0 aromatic heterocycles. The summed E-state index contributed by atoms with van der Waals surface area (Å²) in [5.74, 6) is -0.331. The zero-order chi connectivity index (χ0) is 17.3. The first-order valence-corrected chi connectivity index (χ1v) is 9.93. The molecule has 0 heterocycles. The zero-order valence-corrected chi connectivity index (χ0v) is 15.2. The summed E-state index contributed by atoms with van der Waals surface area (Å²) in [5.41, 5.74) is 1.86. The predicted molar refractivity (Wildman–Crippen MR) is 94.1 cm³/mol. The molecule has 0 aliphatic rings. The van der Waals surface area contributed by atoms with E-state index in [1.54, 1.807) is 0 Å². The van der Waals surface area contributed by atoms with E-state index in [0.717, 1.165) is 30.8 Å². The van der Waals surface area contributed by atoms with Gasteiger partial charge in [-0.05, 0) is 25.6 Å². The molecule has 0 atom stereocenters.